The quantitative estimate of drug-likeness (QED) is 0.123. The average Bonchev–Trinajstić information content (AvgIpc) is 2.79. The predicted octanol–water partition coefficient (Wildman–Crippen LogP) is 8.77. The Morgan fingerprint density at radius 1 is 0.833 bits per heavy atom. The molecule has 2 aromatic carbocycles. The summed E-state index contributed by atoms with van der Waals surface area (Å²) in [5.41, 5.74) is 3.12. The summed E-state index contributed by atoms with van der Waals surface area (Å²) in [6.45, 7) is 2.27. The van der Waals surface area contributed by atoms with E-state index in [4.69, 9.17) is 0 Å². The summed E-state index contributed by atoms with van der Waals surface area (Å²) >= 11 is 1.72. The fourth-order valence-corrected chi connectivity index (χ4v) is 4.09. The van der Waals surface area contributed by atoms with Crippen molar-refractivity contribution in [2.75, 3.05) is 6.26 Å². The molecule has 2 aromatic rings. The van der Waals surface area contributed by atoms with Crippen LogP contribution in [0.2, 0.25) is 0 Å². The highest BCUT2D eigenvalue weighted by atomic mass is 32.2. The molecule has 0 saturated carbocycles. The number of aryl methyl sites for hydroxylation is 1. The second kappa shape index (κ2) is 15.1. The topological polar surface area (TPSA) is 17.1 Å². The Labute approximate surface area is 188 Å². The fraction of sp³-hybridized carbons (Fsp3) is 0.464. The Morgan fingerprint density at radius 3 is 2.10 bits per heavy atom. The third-order valence-electron chi connectivity index (χ3n) is 5.57. The minimum absolute atomic E-state index is 0.0777. The Kier molecular flexibility index (Phi) is 12.3. The van der Waals surface area contributed by atoms with Crippen LogP contribution < -0.4 is 0 Å². The molecule has 162 valence electrons. The van der Waals surface area contributed by atoms with Gasteiger partial charge in [-0.05, 0) is 54.5 Å². The second-order valence-corrected chi connectivity index (χ2v) is 8.98. The van der Waals surface area contributed by atoms with Crippen LogP contribution in [0.5, 0.6) is 0 Å². The third-order valence-corrected chi connectivity index (χ3v) is 6.32. The van der Waals surface area contributed by atoms with Gasteiger partial charge in [-0.2, -0.15) is 0 Å². The zero-order valence-electron chi connectivity index (χ0n) is 18.9. The molecule has 30 heavy (non-hydrogen) atoms. The molecule has 0 aliphatic rings. The molecule has 0 heterocycles. The number of hydrogen-bond donors (Lipinski definition) is 0. The van der Waals surface area contributed by atoms with Crippen LogP contribution in [0, 0.1) is 0 Å². The van der Waals surface area contributed by atoms with E-state index in [0.717, 1.165) is 17.5 Å². The van der Waals surface area contributed by atoms with Gasteiger partial charge in [0.15, 0.2) is 5.78 Å². The Balaban J connectivity index is 1.69. The SMILES string of the molecule is CCCCCCCCCCCCc1cccc(C(=O)C=Cc2ccc(SC)cc2)c1. The number of thioether (sulfide) groups is 1. The van der Waals surface area contributed by atoms with Gasteiger partial charge in [0.2, 0.25) is 0 Å². The molecule has 0 bridgehead atoms. The first-order valence-corrected chi connectivity index (χ1v) is 12.9. The molecule has 0 saturated heterocycles. The first-order valence-electron chi connectivity index (χ1n) is 11.7. The number of ketones is 1. The summed E-state index contributed by atoms with van der Waals surface area (Å²) in [4.78, 5) is 13.8. The molecular weight excluding hydrogens is 384 g/mol. The largest absolute Gasteiger partial charge is 0.289 e. The van der Waals surface area contributed by atoms with Gasteiger partial charge in [-0.1, -0.05) is 101 Å². The van der Waals surface area contributed by atoms with Gasteiger partial charge >= 0.3 is 0 Å². The molecule has 1 nitrogen and oxygen atoms in total. The molecule has 0 aliphatic heterocycles. The fourth-order valence-electron chi connectivity index (χ4n) is 3.68. The van der Waals surface area contributed by atoms with E-state index in [1.165, 1.54) is 74.7 Å². The van der Waals surface area contributed by atoms with Gasteiger partial charge in [-0.3, -0.25) is 4.79 Å². The highest BCUT2D eigenvalue weighted by Gasteiger charge is 2.03. The Hall–Kier alpha value is -1.80. The van der Waals surface area contributed by atoms with Gasteiger partial charge in [-0.25, -0.2) is 0 Å². The highest BCUT2D eigenvalue weighted by molar-refractivity contribution is 7.98. The third kappa shape index (κ3) is 9.80. The maximum absolute atomic E-state index is 12.5. The number of carbonyl (C=O) groups excluding carboxylic acids is 1. The maximum atomic E-state index is 12.5. The van der Waals surface area contributed by atoms with Gasteiger partial charge in [0.1, 0.15) is 0 Å². The van der Waals surface area contributed by atoms with Crippen molar-refractivity contribution >= 4 is 23.6 Å². The van der Waals surface area contributed by atoms with E-state index < -0.39 is 0 Å². The number of rotatable bonds is 15. The Morgan fingerprint density at radius 2 is 1.47 bits per heavy atom. The molecule has 2 heteroatoms. The summed E-state index contributed by atoms with van der Waals surface area (Å²) in [7, 11) is 0. The number of benzene rings is 2. The van der Waals surface area contributed by atoms with Crippen LogP contribution in [0.25, 0.3) is 6.08 Å². The van der Waals surface area contributed by atoms with Gasteiger partial charge in [-0.15, -0.1) is 11.8 Å². The zero-order chi connectivity index (χ0) is 21.4. The van der Waals surface area contributed by atoms with E-state index in [1.807, 2.05) is 18.2 Å². The van der Waals surface area contributed by atoms with Crippen molar-refractivity contribution in [3.05, 3.63) is 71.3 Å². The van der Waals surface area contributed by atoms with E-state index in [0.29, 0.717) is 0 Å². The molecule has 0 N–H and O–H groups in total. The van der Waals surface area contributed by atoms with Gasteiger partial charge in [0.05, 0.1) is 0 Å². The van der Waals surface area contributed by atoms with Gasteiger partial charge in [0.25, 0.3) is 0 Å². The second-order valence-electron chi connectivity index (χ2n) is 8.10. The highest BCUT2D eigenvalue weighted by Crippen LogP contribution is 2.17. The standard InChI is InChI=1S/C28H38OS/c1-3-4-5-6-7-8-9-10-11-12-14-25-15-13-16-26(23-25)28(29)22-19-24-17-20-27(30-2)21-18-24/h13,15-23H,3-12,14H2,1-2H3. The average molecular weight is 423 g/mol. The predicted molar refractivity (Wildman–Crippen MR) is 134 cm³/mol. The van der Waals surface area contributed by atoms with Crippen LogP contribution in [0.3, 0.4) is 0 Å². The van der Waals surface area contributed by atoms with Crippen molar-refractivity contribution in [2.45, 2.75) is 82.4 Å². The van der Waals surface area contributed by atoms with Crippen molar-refractivity contribution in [3.63, 3.8) is 0 Å². The lowest BCUT2D eigenvalue weighted by atomic mass is 10.0. The lowest BCUT2D eigenvalue weighted by molar-refractivity contribution is 0.104. The zero-order valence-corrected chi connectivity index (χ0v) is 19.7. The summed E-state index contributed by atoms with van der Waals surface area (Å²) in [6, 6.07) is 16.4. The molecule has 0 unspecified atom stereocenters. The van der Waals surface area contributed by atoms with E-state index in [2.05, 4.69) is 49.6 Å². The monoisotopic (exact) mass is 422 g/mol. The van der Waals surface area contributed by atoms with Gasteiger partial charge in [0, 0.05) is 10.5 Å². The normalized spacial score (nSPS) is 11.3. The molecule has 0 aliphatic carbocycles. The molecule has 0 atom stereocenters. The van der Waals surface area contributed by atoms with E-state index >= 15 is 0 Å². The van der Waals surface area contributed by atoms with Crippen molar-refractivity contribution in [3.8, 4) is 0 Å². The van der Waals surface area contributed by atoms with Crippen LogP contribution in [0.15, 0.2) is 59.5 Å². The van der Waals surface area contributed by atoms with Crippen LogP contribution in [-0.2, 0) is 6.42 Å². The number of unbranched alkanes of at least 4 members (excludes halogenated alkanes) is 9. The van der Waals surface area contributed by atoms with E-state index in [1.54, 1.807) is 17.8 Å². The molecule has 0 aromatic heterocycles. The van der Waals surface area contributed by atoms with E-state index in [-0.39, 0.29) is 5.78 Å². The number of carbonyl (C=O) groups is 1. The minimum atomic E-state index is 0.0777. The lowest BCUT2D eigenvalue weighted by Gasteiger charge is -2.05. The molecule has 0 radical (unpaired) electrons. The van der Waals surface area contributed by atoms with Crippen molar-refractivity contribution in [2.24, 2.45) is 0 Å². The summed E-state index contributed by atoms with van der Waals surface area (Å²) < 4.78 is 0. The van der Waals surface area contributed by atoms with Gasteiger partial charge < -0.3 is 0 Å². The summed E-state index contributed by atoms with van der Waals surface area (Å²) in [5, 5.41) is 0. The van der Waals surface area contributed by atoms with E-state index in [9.17, 15) is 4.79 Å². The van der Waals surface area contributed by atoms with Crippen molar-refractivity contribution in [1.82, 2.24) is 0 Å². The molecule has 0 amide bonds. The first kappa shape index (κ1) is 24.5. The molecule has 2 rings (SSSR count). The first-order chi connectivity index (χ1) is 14.7. The van der Waals surface area contributed by atoms with Crippen LogP contribution in [0.4, 0.5) is 0 Å². The number of allylic oxidation sites excluding steroid dienone is 1. The molecule has 0 fully saturated rings. The van der Waals surface area contributed by atoms with Crippen molar-refractivity contribution < 1.29 is 4.79 Å². The van der Waals surface area contributed by atoms with Crippen LogP contribution >= 0.6 is 11.8 Å². The molecular formula is C28H38OS. The smallest absolute Gasteiger partial charge is 0.185 e. The van der Waals surface area contributed by atoms with Crippen molar-refractivity contribution in [1.29, 1.82) is 0 Å². The van der Waals surface area contributed by atoms with Crippen LogP contribution in [-0.4, -0.2) is 12.0 Å². The van der Waals surface area contributed by atoms with Crippen LogP contribution in [0.1, 0.15) is 92.6 Å². The summed E-state index contributed by atoms with van der Waals surface area (Å²) in [6.07, 6.45) is 20.3. The minimum Gasteiger partial charge on any atom is -0.289 e. The summed E-state index contributed by atoms with van der Waals surface area (Å²) in [5.74, 6) is 0.0777. The maximum Gasteiger partial charge on any atom is 0.185 e. The number of hydrogen-bond acceptors (Lipinski definition) is 2. The molecule has 0 spiro atoms. The Bertz CT molecular complexity index is 760. The lowest BCUT2D eigenvalue weighted by Crippen LogP contribution is -1.96.